The Morgan fingerprint density at radius 2 is 1.70 bits per heavy atom. The zero-order valence-electron chi connectivity index (χ0n) is 13.6. The van der Waals surface area contributed by atoms with Gasteiger partial charge in [-0.2, -0.15) is 0 Å². The number of benzene rings is 1. The molecule has 0 saturated heterocycles. The second kappa shape index (κ2) is 7.94. The predicted molar refractivity (Wildman–Crippen MR) is 100 cm³/mol. The summed E-state index contributed by atoms with van der Waals surface area (Å²) in [5.41, 5.74) is 1.42. The summed E-state index contributed by atoms with van der Waals surface area (Å²) in [4.78, 5) is 0. The van der Waals surface area contributed by atoms with Gasteiger partial charge in [-0.15, -0.1) is 0 Å². The van der Waals surface area contributed by atoms with Gasteiger partial charge in [-0.1, -0.05) is 73.7 Å². The molecular weight excluding hydrogens is 375 g/mol. The van der Waals surface area contributed by atoms with E-state index >= 15 is 0 Å². The van der Waals surface area contributed by atoms with E-state index in [1.165, 1.54) is 16.4 Å². The van der Waals surface area contributed by atoms with Gasteiger partial charge in [0.2, 0.25) is 0 Å². The highest BCUT2D eigenvalue weighted by molar-refractivity contribution is 14.1. The second-order valence-corrected chi connectivity index (χ2v) is 12.8. The van der Waals surface area contributed by atoms with Crippen LogP contribution in [0.15, 0.2) is 30.3 Å². The number of halogens is 1. The van der Waals surface area contributed by atoms with E-state index in [0.717, 1.165) is 12.8 Å². The number of alkyl halides is 1. The molecule has 1 rings (SSSR count). The van der Waals surface area contributed by atoms with Crippen molar-refractivity contribution >= 4 is 30.9 Å². The molecule has 1 aromatic rings. The lowest BCUT2D eigenvalue weighted by atomic mass is 10.1. The van der Waals surface area contributed by atoms with Crippen LogP contribution in [0.25, 0.3) is 0 Å². The van der Waals surface area contributed by atoms with Crippen molar-refractivity contribution in [3.05, 3.63) is 35.9 Å². The Hall–Kier alpha value is 0.127. The molecule has 0 N–H and O–H groups in total. The molecule has 0 bridgehead atoms. The van der Waals surface area contributed by atoms with Crippen molar-refractivity contribution in [3.8, 4) is 0 Å². The number of hydrogen-bond donors (Lipinski definition) is 0. The van der Waals surface area contributed by atoms with Gasteiger partial charge in [0.25, 0.3) is 0 Å². The lowest BCUT2D eigenvalue weighted by Crippen LogP contribution is -2.44. The van der Waals surface area contributed by atoms with Crippen molar-refractivity contribution in [2.45, 2.75) is 64.3 Å². The van der Waals surface area contributed by atoms with Crippen molar-refractivity contribution in [1.29, 1.82) is 0 Å². The lowest BCUT2D eigenvalue weighted by molar-refractivity contribution is 0.169. The normalized spacial score (nSPS) is 14.3. The minimum atomic E-state index is -1.65. The topological polar surface area (TPSA) is 9.23 Å². The minimum absolute atomic E-state index is 0.295. The Morgan fingerprint density at radius 1 is 1.10 bits per heavy atom. The number of aryl methyl sites for hydroxylation is 1. The first-order chi connectivity index (χ1) is 9.26. The largest absolute Gasteiger partial charge is 0.414 e. The third-order valence-corrected chi connectivity index (χ3v) is 9.45. The molecule has 1 unspecified atom stereocenters. The van der Waals surface area contributed by atoms with E-state index < -0.39 is 8.32 Å². The first-order valence-corrected chi connectivity index (χ1v) is 12.0. The molecule has 20 heavy (non-hydrogen) atoms. The predicted octanol–water partition coefficient (Wildman–Crippen LogP) is 5.83. The molecule has 1 nitrogen and oxygen atoms in total. The van der Waals surface area contributed by atoms with Gasteiger partial charge in [-0.05, 0) is 43.0 Å². The zero-order valence-corrected chi connectivity index (χ0v) is 16.7. The van der Waals surface area contributed by atoms with E-state index in [-0.39, 0.29) is 0 Å². The SMILES string of the molecule is CC(C)(C)[Si](C)(C)OC(CCI)CCc1ccccc1. The van der Waals surface area contributed by atoms with Gasteiger partial charge in [0.1, 0.15) is 0 Å². The van der Waals surface area contributed by atoms with Crippen LogP contribution in [0.4, 0.5) is 0 Å². The standard InChI is InChI=1S/C17H29IOSi/c1-17(2,3)20(4,5)19-16(13-14-18)12-11-15-9-7-6-8-10-15/h6-10,16H,11-14H2,1-5H3. The molecule has 0 amide bonds. The quantitative estimate of drug-likeness (QED) is 0.315. The Balaban J connectivity index is 2.61. The Morgan fingerprint density at radius 3 is 2.20 bits per heavy atom. The van der Waals surface area contributed by atoms with Crippen LogP contribution in [0.3, 0.4) is 0 Å². The van der Waals surface area contributed by atoms with E-state index in [4.69, 9.17) is 4.43 Å². The van der Waals surface area contributed by atoms with Crippen LogP contribution >= 0.6 is 22.6 Å². The molecule has 1 atom stereocenters. The molecule has 0 aliphatic carbocycles. The Bertz CT molecular complexity index is 384. The molecule has 0 saturated carbocycles. The van der Waals surface area contributed by atoms with Crippen molar-refractivity contribution in [3.63, 3.8) is 0 Å². The van der Waals surface area contributed by atoms with E-state index in [9.17, 15) is 0 Å². The van der Waals surface area contributed by atoms with Crippen molar-refractivity contribution in [2.75, 3.05) is 4.43 Å². The molecule has 0 spiro atoms. The van der Waals surface area contributed by atoms with Crippen LogP contribution in [-0.4, -0.2) is 18.8 Å². The average Bonchev–Trinajstić information content (AvgIpc) is 2.36. The van der Waals surface area contributed by atoms with Crippen molar-refractivity contribution in [2.24, 2.45) is 0 Å². The summed E-state index contributed by atoms with van der Waals surface area (Å²) in [6.45, 7) is 11.7. The van der Waals surface area contributed by atoms with Crippen LogP contribution in [0, 0.1) is 0 Å². The van der Waals surface area contributed by atoms with Gasteiger partial charge in [0.05, 0.1) is 0 Å². The molecule has 0 aliphatic heterocycles. The molecule has 114 valence electrons. The third kappa shape index (κ3) is 5.86. The fraction of sp³-hybridized carbons (Fsp3) is 0.647. The van der Waals surface area contributed by atoms with Crippen LogP contribution in [0.2, 0.25) is 18.1 Å². The lowest BCUT2D eigenvalue weighted by Gasteiger charge is -2.39. The first-order valence-electron chi connectivity index (χ1n) is 7.54. The smallest absolute Gasteiger partial charge is 0.192 e. The highest BCUT2D eigenvalue weighted by Gasteiger charge is 2.38. The van der Waals surface area contributed by atoms with Gasteiger partial charge >= 0.3 is 0 Å². The van der Waals surface area contributed by atoms with E-state index in [0.29, 0.717) is 11.1 Å². The van der Waals surface area contributed by atoms with E-state index in [1.807, 2.05) is 0 Å². The van der Waals surface area contributed by atoms with Crippen molar-refractivity contribution in [1.82, 2.24) is 0 Å². The molecule has 0 aromatic heterocycles. The number of rotatable bonds is 7. The first kappa shape index (κ1) is 18.2. The van der Waals surface area contributed by atoms with Crippen molar-refractivity contribution < 1.29 is 4.43 Å². The maximum absolute atomic E-state index is 6.60. The third-order valence-electron chi connectivity index (χ3n) is 4.30. The molecule has 0 radical (unpaired) electrons. The maximum Gasteiger partial charge on any atom is 0.192 e. The van der Waals surface area contributed by atoms with Gasteiger partial charge in [-0.3, -0.25) is 0 Å². The van der Waals surface area contributed by atoms with Gasteiger partial charge in [0, 0.05) is 10.5 Å². The average molecular weight is 404 g/mol. The van der Waals surface area contributed by atoms with Crippen LogP contribution in [0.5, 0.6) is 0 Å². The monoisotopic (exact) mass is 404 g/mol. The molecular formula is C17H29IOSi. The van der Waals surface area contributed by atoms with E-state index in [2.05, 4.69) is 86.8 Å². The van der Waals surface area contributed by atoms with Crippen LogP contribution in [0.1, 0.15) is 39.2 Å². The highest BCUT2D eigenvalue weighted by Crippen LogP contribution is 2.38. The summed E-state index contributed by atoms with van der Waals surface area (Å²) in [6, 6.07) is 10.8. The molecule has 3 heteroatoms. The molecule has 0 fully saturated rings. The summed E-state index contributed by atoms with van der Waals surface area (Å²) in [6.07, 6.45) is 3.84. The molecule has 0 aliphatic rings. The number of hydrogen-bond acceptors (Lipinski definition) is 1. The summed E-state index contributed by atoms with van der Waals surface area (Å²) in [5, 5.41) is 0.295. The molecule has 0 heterocycles. The maximum atomic E-state index is 6.60. The van der Waals surface area contributed by atoms with Crippen LogP contribution in [-0.2, 0) is 10.8 Å². The zero-order chi connectivity index (χ0) is 15.2. The molecule has 1 aromatic carbocycles. The van der Waals surface area contributed by atoms with Gasteiger partial charge < -0.3 is 4.43 Å². The Labute approximate surface area is 139 Å². The summed E-state index contributed by atoms with van der Waals surface area (Å²) in [7, 11) is -1.65. The summed E-state index contributed by atoms with van der Waals surface area (Å²) in [5.74, 6) is 0. The van der Waals surface area contributed by atoms with Crippen LogP contribution < -0.4 is 0 Å². The Kier molecular flexibility index (Phi) is 7.22. The highest BCUT2D eigenvalue weighted by atomic mass is 127. The fourth-order valence-corrected chi connectivity index (χ4v) is 4.07. The minimum Gasteiger partial charge on any atom is -0.414 e. The van der Waals surface area contributed by atoms with E-state index in [1.54, 1.807) is 0 Å². The fourth-order valence-electron chi connectivity index (χ4n) is 1.95. The summed E-state index contributed by atoms with van der Waals surface area (Å²) < 4.78 is 7.77. The van der Waals surface area contributed by atoms with Gasteiger partial charge in [0.15, 0.2) is 8.32 Å². The van der Waals surface area contributed by atoms with Gasteiger partial charge in [-0.25, -0.2) is 0 Å². The second-order valence-electron chi connectivity index (χ2n) is 7.00. The summed E-state index contributed by atoms with van der Waals surface area (Å²) >= 11 is 2.46.